The van der Waals surface area contributed by atoms with E-state index in [9.17, 15) is 0 Å². The number of nitriles is 1. The molecule has 0 radical (unpaired) electrons. The maximum atomic E-state index is 9.12. The number of nitrogens with zero attached hydrogens (tertiary/aromatic N) is 1. The highest BCUT2D eigenvalue weighted by atomic mass is 16.7. The molecule has 2 atom stereocenters. The summed E-state index contributed by atoms with van der Waals surface area (Å²) in [5.74, 6) is -0.629. The highest BCUT2D eigenvalue weighted by molar-refractivity contribution is 5.13. The molecule has 18 heavy (non-hydrogen) atoms. The summed E-state index contributed by atoms with van der Waals surface area (Å²) in [4.78, 5) is 0. The predicted molar refractivity (Wildman–Crippen MR) is 65.5 cm³/mol. The molecule has 0 aromatic heterocycles. The Kier molecular flexibility index (Phi) is 3.97. The third-order valence-electron chi connectivity index (χ3n) is 2.77. The SMILES string of the molecule is CC1(C)OC[C@H]([C@H](C#N)OCc2ccccc2)O1. The summed E-state index contributed by atoms with van der Waals surface area (Å²) in [5, 5.41) is 9.12. The van der Waals surface area contributed by atoms with Gasteiger partial charge in [0, 0.05) is 0 Å². The molecule has 1 saturated heterocycles. The Bertz CT molecular complexity index is 424. The molecule has 0 aliphatic carbocycles. The second-order valence-electron chi connectivity index (χ2n) is 4.71. The number of benzene rings is 1. The van der Waals surface area contributed by atoms with Gasteiger partial charge in [-0.2, -0.15) is 5.26 Å². The molecule has 0 amide bonds. The minimum Gasteiger partial charge on any atom is -0.356 e. The molecule has 0 bridgehead atoms. The van der Waals surface area contributed by atoms with Crippen LogP contribution >= 0.6 is 0 Å². The minimum atomic E-state index is -0.629. The normalized spacial score (nSPS) is 23.5. The van der Waals surface area contributed by atoms with Gasteiger partial charge in [0.25, 0.3) is 0 Å². The van der Waals surface area contributed by atoms with Gasteiger partial charge < -0.3 is 14.2 Å². The molecular formula is C14H17NO3. The van der Waals surface area contributed by atoms with Gasteiger partial charge in [-0.15, -0.1) is 0 Å². The lowest BCUT2D eigenvalue weighted by Crippen LogP contribution is -2.31. The average Bonchev–Trinajstić information content (AvgIpc) is 2.72. The second kappa shape index (κ2) is 5.49. The fourth-order valence-corrected chi connectivity index (χ4v) is 1.85. The first-order valence-corrected chi connectivity index (χ1v) is 5.98. The number of ether oxygens (including phenoxy) is 3. The summed E-state index contributed by atoms with van der Waals surface area (Å²) >= 11 is 0. The maximum Gasteiger partial charge on any atom is 0.172 e. The molecule has 0 N–H and O–H groups in total. The quantitative estimate of drug-likeness (QED) is 0.818. The Morgan fingerprint density at radius 2 is 2.17 bits per heavy atom. The van der Waals surface area contributed by atoms with Crippen molar-refractivity contribution in [2.45, 2.75) is 38.4 Å². The zero-order chi connectivity index (χ0) is 13.0. The van der Waals surface area contributed by atoms with Gasteiger partial charge in [-0.3, -0.25) is 0 Å². The summed E-state index contributed by atoms with van der Waals surface area (Å²) in [7, 11) is 0. The molecule has 4 nitrogen and oxygen atoms in total. The Morgan fingerprint density at radius 3 is 2.72 bits per heavy atom. The topological polar surface area (TPSA) is 51.5 Å². The largest absolute Gasteiger partial charge is 0.356 e. The van der Waals surface area contributed by atoms with Crippen molar-refractivity contribution in [1.29, 1.82) is 5.26 Å². The van der Waals surface area contributed by atoms with E-state index in [0.717, 1.165) is 5.56 Å². The van der Waals surface area contributed by atoms with Crippen molar-refractivity contribution in [3.8, 4) is 6.07 Å². The maximum absolute atomic E-state index is 9.12. The second-order valence-corrected chi connectivity index (χ2v) is 4.71. The van der Waals surface area contributed by atoms with Crippen LogP contribution in [0.3, 0.4) is 0 Å². The van der Waals surface area contributed by atoms with Gasteiger partial charge in [-0.25, -0.2) is 0 Å². The molecule has 1 aliphatic heterocycles. The van der Waals surface area contributed by atoms with Crippen LogP contribution in [0.2, 0.25) is 0 Å². The van der Waals surface area contributed by atoms with Crippen LogP contribution in [0.4, 0.5) is 0 Å². The van der Waals surface area contributed by atoms with Crippen LogP contribution in [-0.4, -0.2) is 24.6 Å². The van der Waals surface area contributed by atoms with Gasteiger partial charge in [0.05, 0.1) is 19.3 Å². The van der Waals surface area contributed by atoms with E-state index in [1.54, 1.807) is 0 Å². The first-order valence-electron chi connectivity index (χ1n) is 5.98. The van der Waals surface area contributed by atoms with E-state index in [4.69, 9.17) is 19.5 Å². The number of rotatable bonds is 4. The monoisotopic (exact) mass is 247 g/mol. The molecule has 1 aliphatic rings. The van der Waals surface area contributed by atoms with Crippen LogP contribution in [0.15, 0.2) is 30.3 Å². The van der Waals surface area contributed by atoms with E-state index in [-0.39, 0.29) is 6.10 Å². The number of hydrogen-bond donors (Lipinski definition) is 0. The minimum absolute atomic E-state index is 0.325. The average molecular weight is 247 g/mol. The fourth-order valence-electron chi connectivity index (χ4n) is 1.85. The van der Waals surface area contributed by atoms with E-state index in [2.05, 4.69) is 6.07 Å². The summed E-state index contributed by atoms with van der Waals surface area (Å²) in [6, 6.07) is 11.9. The Morgan fingerprint density at radius 1 is 1.44 bits per heavy atom. The smallest absolute Gasteiger partial charge is 0.172 e. The van der Waals surface area contributed by atoms with Crippen LogP contribution in [0.25, 0.3) is 0 Å². The zero-order valence-corrected chi connectivity index (χ0v) is 10.6. The molecule has 0 saturated carbocycles. The third kappa shape index (κ3) is 3.30. The van der Waals surface area contributed by atoms with E-state index < -0.39 is 11.9 Å². The van der Waals surface area contributed by atoms with Gasteiger partial charge in [0.2, 0.25) is 0 Å². The third-order valence-corrected chi connectivity index (χ3v) is 2.77. The summed E-state index contributed by atoms with van der Waals surface area (Å²) in [5.41, 5.74) is 1.04. The molecule has 0 unspecified atom stereocenters. The fraction of sp³-hybridized carbons (Fsp3) is 0.500. The molecule has 2 rings (SSSR count). The molecule has 4 heteroatoms. The lowest BCUT2D eigenvalue weighted by molar-refractivity contribution is -0.151. The molecule has 1 fully saturated rings. The standard InChI is InChI=1S/C14H17NO3/c1-14(2)17-10-13(18-14)12(8-15)16-9-11-6-4-3-5-7-11/h3-7,12-13H,9-10H2,1-2H3/t12-,13+/m0/s1. The first-order chi connectivity index (χ1) is 8.61. The Hall–Kier alpha value is -1.41. The Labute approximate surface area is 107 Å². The van der Waals surface area contributed by atoms with Crippen molar-refractivity contribution in [3.63, 3.8) is 0 Å². The van der Waals surface area contributed by atoms with Crippen molar-refractivity contribution >= 4 is 0 Å². The lowest BCUT2D eigenvalue weighted by Gasteiger charge is -2.20. The van der Waals surface area contributed by atoms with Gasteiger partial charge >= 0.3 is 0 Å². The van der Waals surface area contributed by atoms with Crippen LogP contribution in [0.1, 0.15) is 19.4 Å². The molecule has 1 aromatic rings. The van der Waals surface area contributed by atoms with Crippen LogP contribution in [0.5, 0.6) is 0 Å². The van der Waals surface area contributed by atoms with Crippen LogP contribution in [-0.2, 0) is 20.8 Å². The van der Waals surface area contributed by atoms with Crippen molar-refractivity contribution in [1.82, 2.24) is 0 Å². The molecule has 1 aromatic carbocycles. The highest BCUT2D eigenvalue weighted by Gasteiger charge is 2.38. The summed E-state index contributed by atoms with van der Waals surface area (Å²) in [6.45, 7) is 4.45. The van der Waals surface area contributed by atoms with Crippen molar-refractivity contribution in [3.05, 3.63) is 35.9 Å². The predicted octanol–water partition coefficient (Wildman–Crippen LogP) is 2.25. The van der Waals surface area contributed by atoms with Crippen LogP contribution < -0.4 is 0 Å². The van der Waals surface area contributed by atoms with E-state index >= 15 is 0 Å². The van der Waals surface area contributed by atoms with Crippen molar-refractivity contribution in [2.24, 2.45) is 0 Å². The van der Waals surface area contributed by atoms with Gasteiger partial charge in [-0.05, 0) is 19.4 Å². The van der Waals surface area contributed by atoms with Gasteiger partial charge in [0.1, 0.15) is 6.10 Å². The molecule has 96 valence electrons. The van der Waals surface area contributed by atoms with E-state index in [1.165, 1.54) is 0 Å². The van der Waals surface area contributed by atoms with Crippen molar-refractivity contribution < 1.29 is 14.2 Å². The van der Waals surface area contributed by atoms with Crippen molar-refractivity contribution in [2.75, 3.05) is 6.61 Å². The van der Waals surface area contributed by atoms with Crippen LogP contribution in [0, 0.1) is 11.3 Å². The van der Waals surface area contributed by atoms with E-state index in [0.29, 0.717) is 13.2 Å². The van der Waals surface area contributed by atoms with Gasteiger partial charge in [0.15, 0.2) is 11.9 Å². The Balaban J connectivity index is 1.89. The number of hydrogen-bond acceptors (Lipinski definition) is 4. The molecule has 1 heterocycles. The summed E-state index contributed by atoms with van der Waals surface area (Å²) in [6.07, 6.45) is -0.930. The highest BCUT2D eigenvalue weighted by Crippen LogP contribution is 2.25. The van der Waals surface area contributed by atoms with Gasteiger partial charge in [-0.1, -0.05) is 30.3 Å². The van der Waals surface area contributed by atoms with E-state index in [1.807, 2.05) is 44.2 Å². The molecular weight excluding hydrogens is 230 g/mol. The lowest BCUT2D eigenvalue weighted by atomic mass is 10.2. The molecule has 0 spiro atoms. The summed E-state index contributed by atoms with van der Waals surface area (Å²) < 4.78 is 16.6. The first kappa shape index (κ1) is 13.0. The zero-order valence-electron chi connectivity index (χ0n) is 10.6.